The van der Waals surface area contributed by atoms with Gasteiger partial charge in [0.25, 0.3) is 15.6 Å². The molecule has 0 radical (unpaired) electrons. The zero-order valence-corrected chi connectivity index (χ0v) is 24.6. The van der Waals surface area contributed by atoms with Gasteiger partial charge in [-0.3, -0.25) is 18.9 Å². The summed E-state index contributed by atoms with van der Waals surface area (Å²) in [6.45, 7) is 0.665. The summed E-state index contributed by atoms with van der Waals surface area (Å²) < 4.78 is 98.2. The van der Waals surface area contributed by atoms with Crippen LogP contribution >= 0.6 is 11.6 Å². The standard InChI is InChI=1S/C30H22ClF5N4O4S/c31-19-13-23(32)28(24(33)14-19)37-45(43,44)22-12-17-9-11-38(29(17)25(15-22)39-10-1-2-26(39)41)20-4-6-21(7-5-20)40-16-18(30(34,35)36)3-8-27(40)42/h3-8,12-16,37H,1-2,9-11H2. The Hall–Kier alpha value is -4.43. The van der Waals surface area contributed by atoms with E-state index in [1.165, 1.54) is 29.2 Å². The molecule has 2 aliphatic heterocycles. The largest absolute Gasteiger partial charge is 0.417 e. The molecule has 0 bridgehead atoms. The number of pyridine rings is 1. The molecule has 234 valence electrons. The average Bonchev–Trinajstić information content (AvgIpc) is 3.60. The number of hydrogen-bond donors (Lipinski definition) is 1. The molecule has 1 fully saturated rings. The molecule has 4 aromatic rings. The Bertz CT molecular complexity index is 1990. The number of rotatable bonds is 6. The van der Waals surface area contributed by atoms with Crippen molar-refractivity contribution in [3.63, 3.8) is 0 Å². The molecule has 8 nitrogen and oxygen atoms in total. The number of hydrogen-bond acceptors (Lipinski definition) is 5. The van der Waals surface area contributed by atoms with Gasteiger partial charge < -0.3 is 9.80 Å². The zero-order valence-electron chi connectivity index (χ0n) is 23.0. The number of carbonyl (C=O) groups excluding carboxylic acids is 1. The van der Waals surface area contributed by atoms with Crippen LogP contribution in [0.25, 0.3) is 5.69 Å². The molecule has 1 amide bonds. The first-order valence-corrected chi connectivity index (χ1v) is 15.4. The Labute approximate surface area is 258 Å². The van der Waals surface area contributed by atoms with E-state index in [0.717, 1.165) is 29.0 Å². The molecule has 15 heteroatoms. The summed E-state index contributed by atoms with van der Waals surface area (Å²) in [5, 5.41) is -0.254. The highest BCUT2D eigenvalue weighted by molar-refractivity contribution is 7.92. The molecular formula is C30H22ClF5N4O4S. The summed E-state index contributed by atoms with van der Waals surface area (Å²) in [5.74, 6) is -2.65. The number of anilines is 4. The van der Waals surface area contributed by atoms with Crippen LogP contribution in [0.1, 0.15) is 24.0 Å². The average molecular weight is 665 g/mol. The fraction of sp³-hybridized carbons (Fsp3) is 0.200. The zero-order chi connectivity index (χ0) is 32.3. The highest BCUT2D eigenvalue weighted by atomic mass is 35.5. The summed E-state index contributed by atoms with van der Waals surface area (Å²) in [7, 11) is -4.54. The van der Waals surface area contributed by atoms with Gasteiger partial charge in [-0.05, 0) is 73.0 Å². The van der Waals surface area contributed by atoms with E-state index in [-0.39, 0.29) is 33.6 Å². The van der Waals surface area contributed by atoms with Crippen LogP contribution in [0.15, 0.2) is 76.6 Å². The highest BCUT2D eigenvalue weighted by Crippen LogP contribution is 2.45. The van der Waals surface area contributed by atoms with Gasteiger partial charge in [-0.2, -0.15) is 13.2 Å². The second-order valence-corrected chi connectivity index (χ2v) is 12.6. The second kappa shape index (κ2) is 11.2. The van der Waals surface area contributed by atoms with Crippen molar-refractivity contribution in [3.8, 4) is 5.69 Å². The van der Waals surface area contributed by atoms with Crippen molar-refractivity contribution in [1.29, 1.82) is 0 Å². The number of halogens is 6. The first kappa shape index (κ1) is 30.6. The van der Waals surface area contributed by atoms with Gasteiger partial charge in [0.05, 0.1) is 21.8 Å². The van der Waals surface area contributed by atoms with E-state index < -0.39 is 44.6 Å². The van der Waals surface area contributed by atoms with Gasteiger partial charge >= 0.3 is 6.18 Å². The van der Waals surface area contributed by atoms with Gasteiger partial charge in [0.1, 0.15) is 5.69 Å². The molecule has 3 aromatic carbocycles. The van der Waals surface area contributed by atoms with E-state index in [4.69, 9.17) is 11.6 Å². The molecule has 0 atom stereocenters. The number of benzene rings is 3. The van der Waals surface area contributed by atoms with Crippen LogP contribution < -0.4 is 20.1 Å². The van der Waals surface area contributed by atoms with Crippen molar-refractivity contribution >= 4 is 50.3 Å². The number of aromatic nitrogens is 1. The van der Waals surface area contributed by atoms with Crippen molar-refractivity contribution in [2.45, 2.75) is 30.3 Å². The molecule has 0 unspecified atom stereocenters. The SMILES string of the molecule is O=C1CCCN1c1cc(S(=O)(=O)Nc2c(F)cc(Cl)cc2F)cc2c1N(c1ccc(-n3cc(C(F)(F)F)ccc3=O)cc1)CC2. The van der Waals surface area contributed by atoms with Crippen molar-refractivity contribution in [1.82, 2.24) is 4.57 Å². The summed E-state index contributed by atoms with van der Waals surface area (Å²) in [4.78, 5) is 28.2. The smallest absolute Gasteiger partial charge is 0.339 e. The third kappa shape index (κ3) is 5.75. The van der Waals surface area contributed by atoms with E-state index in [1.54, 1.807) is 12.1 Å². The maximum Gasteiger partial charge on any atom is 0.417 e. The van der Waals surface area contributed by atoms with Gasteiger partial charge in [0.15, 0.2) is 11.6 Å². The summed E-state index contributed by atoms with van der Waals surface area (Å²) in [5.41, 5.74) is -0.412. The second-order valence-electron chi connectivity index (χ2n) is 10.5. The van der Waals surface area contributed by atoms with Crippen LogP contribution in [0, 0.1) is 11.6 Å². The van der Waals surface area contributed by atoms with Crippen LogP contribution in [-0.2, 0) is 27.4 Å². The third-order valence-corrected chi connectivity index (χ3v) is 9.16. The van der Waals surface area contributed by atoms with Gasteiger partial charge in [-0.25, -0.2) is 17.2 Å². The van der Waals surface area contributed by atoms with Gasteiger partial charge in [-0.1, -0.05) is 11.6 Å². The molecule has 1 saturated heterocycles. The van der Waals surface area contributed by atoms with Crippen molar-refractivity contribution in [2.24, 2.45) is 0 Å². The van der Waals surface area contributed by atoms with E-state index in [9.17, 15) is 40.0 Å². The first-order valence-electron chi connectivity index (χ1n) is 13.6. The molecule has 45 heavy (non-hydrogen) atoms. The molecule has 0 spiro atoms. The quantitative estimate of drug-likeness (QED) is 0.241. The minimum absolute atomic E-state index is 0.193. The summed E-state index contributed by atoms with van der Waals surface area (Å²) >= 11 is 5.66. The predicted octanol–water partition coefficient (Wildman–Crippen LogP) is 6.41. The van der Waals surface area contributed by atoms with Crippen LogP contribution in [0.4, 0.5) is 44.7 Å². The van der Waals surface area contributed by atoms with E-state index in [1.807, 2.05) is 9.62 Å². The lowest BCUT2D eigenvalue weighted by Gasteiger charge is -2.27. The van der Waals surface area contributed by atoms with Crippen LogP contribution in [0.2, 0.25) is 5.02 Å². The Morgan fingerprint density at radius 1 is 0.822 bits per heavy atom. The normalized spacial score (nSPS) is 15.1. The fourth-order valence-corrected chi connectivity index (χ4v) is 6.84. The number of carbonyl (C=O) groups is 1. The van der Waals surface area contributed by atoms with Crippen molar-refractivity contribution in [2.75, 3.05) is 27.6 Å². The van der Waals surface area contributed by atoms with Crippen LogP contribution in [0.5, 0.6) is 0 Å². The number of amides is 1. The molecule has 1 N–H and O–H groups in total. The van der Waals surface area contributed by atoms with Crippen molar-refractivity contribution in [3.05, 3.63) is 105 Å². The summed E-state index contributed by atoms with van der Waals surface area (Å²) in [6, 6.07) is 11.9. The number of alkyl halides is 3. The van der Waals surface area contributed by atoms with Crippen LogP contribution in [-0.4, -0.2) is 32.0 Å². The maximum absolute atomic E-state index is 14.4. The number of nitrogens with one attached hydrogen (secondary N) is 1. The molecule has 3 heterocycles. The lowest BCUT2D eigenvalue weighted by molar-refractivity contribution is -0.138. The van der Waals surface area contributed by atoms with Gasteiger partial charge in [0.2, 0.25) is 5.91 Å². The monoisotopic (exact) mass is 664 g/mol. The Kier molecular flexibility index (Phi) is 7.60. The molecule has 0 saturated carbocycles. The fourth-order valence-electron chi connectivity index (χ4n) is 5.50. The third-order valence-electron chi connectivity index (χ3n) is 7.61. The van der Waals surface area contributed by atoms with Crippen molar-refractivity contribution < 1.29 is 35.2 Å². The maximum atomic E-state index is 14.4. The Morgan fingerprint density at radius 2 is 1.49 bits per heavy atom. The Morgan fingerprint density at radius 3 is 2.11 bits per heavy atom. The molecule has 6 rings (SSSR count). The molecule has 2 aliphatic rings. The van der Waals surface area contributed by atoms with E-state index in [2.05, 4.69) is 0 Å². The number of nitrogens with zero attached hydrogens (tertiary/aromatic N) is 3. The minimum atomic E-state index is -4.64. The number of sulfonamides is 1. The lowest BCUT2D eigenvalue weighted by atomic mass is 10.1. The van der Waals surface area contributed by atoms with Crippen LogP contribution in [0.3, 0.4) is 0 Å². The van der Waals surface area contributed by atoms with E-state index >= 15 is 0 Å². The molecular weight excluding hydrogens is 643 g/mol. The predicted molar refractivity (Wildman–Crippen MR) is 158 cm³/mol. The number of fused-ring (bicyclic) bond motifs is 1. The minimum Gasteiger partial charge on any atom is -0.339 e. The summed E-state index contributed by atoms with van der Waals surface area (Å²) in [6.07, 6.45) is -2.81. The van der Waals surface area contributed by atoms with E-state index in [0.29, 0.717) is 48.9 Å². The first-order chi connectivity index (χ1) is 21.2. The highest BCUT2D eigenvalue weighted by Gasteiger charge is 2.34. The van der Waals surface area contributed by atoms with Gasteiger partial charge in [-0.15, -0.1) is 0 Å². The van der Waals surface area contributed by atoms with Gasteiger partial charge in [0, 0.05) is 48.2 Å². The lowest BCUT2D eigenvalue weighted by Crippen LogP contribution is -2.27. The molecule has 1 aromatic heterocycles. The topological polar surface area (TPSA) is 91.7 Å². The Balaban J connectivity index is 1.39. The molecule has 0 aliphatic carbocycles.